The standard InChI is InChI=1S/C17H23N2P.C12H9ClP.C6H16N2/c1-18(2)14-15-19(3)20(16-10-6-4-7-11-16)17-12-8-5-9-13-17;13-14(11-7-3-1-4-8-11)12-9-5-2-6-10-12;1-7(2)5-6-8(3)4/h4-13H,14-15H2,1-3H3;1-5,7-10H;5-6H2,1-4H3/q;+1;. The molecule has 0 spiro atoms. The molecule has 42 heavy (non-hydrogen) atoms. The third-order valence-electron chi connectivity index (χ3n) is 6.11. The summed E-state index contributed by atoms with van der Waals surface area (Å²) in [5.41, 5.74) is 0. The maximum absolute atomic E-state index is 6.38. The van der Waals surface area contributed by atoms with Gasteiger partial charge < -0.3 is 14.7 Å². The number of hydrogen-bond acceptors (Lipinski definition) is 4. The van der Waals surface area contributed by atoms with Crippen molar-refractivity contribution in [2.75, 3.05) is 75.5 Å². The molecule has 7 heteroatoms. The molecule has 1 atom stereocenters. The van der Waals surface area contributed by atoms with Crippen molar-refractivity contribution in [1.82, 2.24) is 19.4 Å². The van der Waals surface area contributed by atoms with Crippen LogP contribution in [0.2, 0.25) is 0 Å². The normalized spacial score (nSPS) is 12.9. The highest BCUT2D eigenvalue weighted by molar-refractivity contribution is 7.93. The number of likely N-dealkylation sites (N-methyl/N-ethyl adjacent to an activating group) is 4. The van der Waals surface area contributed by atoms with Gasteiger partial charge in [-0.1, -0.05) is 102 Å². The van der Waals surface area contributed by atoms with Crippen LogP contribution in [0.1, 0.15) is 0 Å². The van der Waals surface area contributed by atoms with Gasteiger partial charge in [0.2, 0.25) is 0 Å². The zero-order valence-corrected chi connectivity index (χ0v) is 28.9. The van der Waals surface area contributed by atoms with Crippen LogP contribution in [-0.4, -0.2) is 94.9 Å². The van der Waals surface area contributed by atoms with Crippen molar-refractivity contribution in [1.29, 1.82) is 0 Å². The van der Waals surface area contributed by atoms with Gasteiger partial charge in [-0.15, -0.1) is 0 Å². The Hall–Kier alpha value is -2.22. The minimum absolute atomic E-state index is 0.436. The Kier molecular flexibility index (Phi) is 17.7. The summed E-state index contributed by atoms with van der Waals surface area (Å²) in [4.78, 5) is 6.60. The predicted octanol–water partition coefficient (Wildman–Crippen LogP) is 6.40. The lowest BCUT2D eigenvalue weighted by molar-refractivity contribution is 0.320. The van der Waals surface area contributed by atoms with Crippen molar-refractivity contribution in [2.45, 2.75) is 0 Å². The lowest BCUT2D eigenvalue weighted by atomic mass is 10.3. The molecule has 1 unspecified atom stereocenters. The molecule has 4 nitrogen and oxygen atoms in total. The van der Waals surface area contributed by atoms with E-state index in [0.29, 0.717) is 0 Å². The zero-order chi connectivity index (χ0) is 30.7. The first-order valence-electron chi connectivity index (χ1n) is 14.2. The number of halogens is 1. The van der Waals surface area contributed by atoms with E-state index in [1.54, 1.807) is 0 Å². The summed E-state index contributed by atoms with van der Waals surface area (Å²) in [5.74, 6) is 0. The minimum atomic E-state index is -0.730. The second kappa shape index (κ2) is 20.6. The predicted molar refractivity (Wildman–Crippen MR) is 191 cm³/mol. The second-order valence-corrected chi connectivity index (χ2v) is 15.6. The van der Waals surface area contributed by atoms with Crippen molar-refractivity contribution < 1.29 is 0 Å². The molecule has 0 radical (unpaired) electrons. The summed E-state index contributed by atoms with van der Waals surface area (Å²) >= 11 is 6.38. The average Bonchev–Trinajstić information content (AvgIpc) is 3.01. The molecule has 4 rings (SSSR count). The number of hydrogen-bond donors (Lipinski definition) is 0. The molecule has 1 aliphatic carbocycles. The Labute approximate surface area is 263 Å². The van der Waals surface area contributed by atoms with Crippen LogP contribution in [0.25, 0.3) is 0 Å². The minimum Gasteiger partial charge on any atom is -0.308 e. The van der Waals surface area contributed by atoms with Gasteiger partial charge in [0.05, 0.1) is 6.08 Å². The molecule has 0 N–H and O–H groups in total. The fourth-order valence-corrected chi connectivity index (χ4v) is 7.82. The molecule has 0 heterocycles. The van der Waals surface area contributed by atoms with Gasteiger partial charge in [0, 0.05) is 51.7 Å². The fourth-order valence-electron chi connectivity index (χ4n) is 3.74. The van der Waals surface area contributed by atoms with Crippen molar-refractivity contribution >= 4 is 42.5 Å². The molecule has 0 fully saturated rings. The Morgan fingerprint density at radius 2 is 0.976 bits per heavy atom. The van der Waals surface area contributed by atoms with Crippen LogP contribution in [0, 0.1) is 6.08 Å². The van der Waals surface area contributed by atoms with E-state index in [2.05, 4.69) is 148 Å². The summed E-state index contributed by atoms with van der Waals surface area (Å²) in [6.07, 6.45) is 10.9. The molecule has 1 aliphatic rings. The van der Waals surface area contributed by atoms with Crippen molar-refractivity contribution in [2.24, 2.45) is 0 Å². The third kappa shape index (κ3) is 14.3. The van der Waals surface area contributed by atoms with Gasteiger partial charge in [-0.05, 0) is 59.9 Å². The number of nitrogens with zero attached hydrogens (tertiary/aromatic N) is 4. The van der Waals surface area contributed by atoms with Gasteiger partial charge in [0.1, 0.15) is 24.7 Å². The first-order chi connectivity index (χ1) is 20.2. The zero-order valence-electron chi connectivity index (χ0n) is 26.4. The van der Waals surface area contributed by atoms with E-state index in [1.807, 2.05) is 42.5 Å². The third-order valence-corrected chi connectivity index (χ3v) is 11.2. The van der Waals surface area contributed by atoms with Crippen molar-refractivity contribution in [3.8, 4) is 0 Å². The van der Waals surface area contributed by atoms with E-state index in [9.17, 15) is 0 Å². The first kappa shape index (κ1) is 36.0. The summed E-state index contributed by atoms with van der Waals surface area (Å²) < 4.78 is 2.49. The summed E-state index contributed by atoms with van der Waals surface area (Å²) in [5, 5.41) is 5.16. The highest BCUT2D eigenvalue weighted by Gasteiger charge is 2.19. The van der Waals surface area contributed by atoms with E-state index in [0.717, 1.165) is 31.5 Å². The van der Waals surface area contributed by atoms with E-state index < -0.39 is 15.3 Å². The number of benzene rings is 3. The van der Waals surface area contributed by atoms with Crippen LogP contribution in [0.5, 0.6) is 0 Å². The van der Waals surface area contributed by atoms with Crippen LogP contribution < -0.4 is 15.9 Å². The summed E-state index contributed by atoms with van der Waals surface area (Å²) in [7, 11) is 13.7. The molecule has 224 valence electrons. The molecule has 3 aromatic rings. The molecule has 0 amide bonds. The molecule has 0 saturated carbocycles. The number of allylic oxidation sites excluding steroid dienone is 6. The van der Waals surface area contributed by atoms with Crippen LogP contribution in [0.15, 0.2) is 121 Å². The fraction of sp³-hybridized carbons (Fsp3) is 0.314. The molecular formula is C35H48ClN4P2+. The van der Waals surface area contributed by atoms with Crippen LogP contribution in [0.3, 0.4) is 0 Å². The Morgan fingerprint density at radius 3 is 1.36 bits per heavy atom. The maximum Gasteiger partial charge on any atom is 0.115 e. The van der Waals surface area contributed by atoms with Crippen molar-refractivity contribution in [3.05, 3.63) is 127 Å². The summed E-state index contributed by atoms with van der Waals surface area (Å²) in [6.45, 7) is 4.44. The SMILES string of the molecule is CN(C)CCN(C)C.CN(C)CCN(C)P(c1ccccc1)c1ccccc1.ClP(C1=CC=C[C+]=C1)c1ccccc1. The highest BCUT2D eigenvalue weighted by Crippen LogP contribution is 2.49. The molecule has 3 aromatic carbocycles. The smallest absolute Gasteiger partial charge is 0.115 e. The molecule has 0 saturated heterocycles. The van der Waals surface area contributed by atoms with E-state index >= 15 is 0 Å². The molecule has 0 aromatic heterocycles. The van der Waals surface area contributed by atoms with E-state index in [1.165, 1.54) is 15.9 Å². The van der Waals surface area contributed by atoms with E-state index in [-0.39, 0.29) is 0 Å². The maximum atomic E-state index is 6.38. The highest BCUT2D eigenvalue weighted by atomic mass is 35.7. The summed E-state index contributed by atoms with van der Waals surface area (Å²) in [6, 6.07) is 31.8. The Bertz CT molecular complexity index is 1150. The van der Waals surface area contributed by atoms with Crippen LogP contribution >= 0.6 is 26.6 Å². The lowest BCUT2D eigenvalue weighted by Gasteiger charge is -2.29. The van der Waals surface area contributed by atoms with E-state index in [4.69, 9.17) is 11.2 Å². The molecule has 0 bridgehead atoms. The van der Waals surface area contributed by atoms with Gasteiger partial charge in [0.25, 0.3) is 0 Å². The van der Waals surface area contributed by atoms with Crippen LogP contribution in [0.4, 0.5) is 0 Å². The lowest BCUT2D eigenvalue weighted by Crippen LogP contribution is -2.31. The van der Waals surface area contributed by atoms with Gasteiger partial charge in [0.15, 0.2) is 0 Å². The molecular weight excluding hydrogens is 574 g/mol. The van der Waals surface area contributed by atoms with Crippen LogP contribution in [-0.2, 0) is 0 Å². The molecule has 0 aliphatic heterocycles. The van der Waals surface area contributed by atoms with Gasteiger partial charge >= 0.3 is 0 Å². The topological polar surface area (TPSA) is 13.0 Å². The largest absolute Gasteiger partial charge is 0.308 e. The quantitative estimate of drug-likeness (QED) is 0.182. The average molecular weight is 622 g/mol. The second-order valence-electron chi connectivity index (χ2n) is 10.7. The van der Waals surface area contributed by atoms with Gasteiger partial charge in [-0.3, -0.25) is 4.67 Å². The van der Waals surface area contributed by atoms with Gasteiger partial charge in [-0.2, -0.15) is 0 Å². The Morgan fingerprint density at radius 1 is 0.571 bits per heavy atom. The monoisotopic (exact) mass is 621 g/mol. The Balaban J connectivity index is 0.000000243. The first-order valence-corrected chi connectivity index (χ1v) is 17.8. The van der Waals surface area contributed by atoms with Gasteiger partial charge in [-0.25, -0.2) is 0 Å². The van der Waals surface area contributed by atoms with Crippen molar-refractivity contribution in [3.63, 3.8) is 0 Å². The number of rotatable bonds is 11.